The van der Waals surface area contributed by atoms with Crippen LogP contribution in [0.25, 0.3) is 0 Å². The van der Waals surface area contributed by atoms with E-state index in [1.54, 1.807) is 0 Å². The Morgan fingerprint density at radius 3 is 2.27 bits per heavy atom. The molecule has 0 aliphatic carbocycles. The molecule has 0 saturated heterocycles. The predicted molar refractivity (Wildman–Crippen MR) is 48.5 cm³/mol. The van der Waals surface area contributed by atoms with Gasteiger partial charge in [0.05, 0.1) is 5.69 Å². The molecule has 2 nitrogen and oxygen atoms in total. The number of rotatable bonds is 1. The number of hydrogen-bond acceptors (Lipinski definition) is 2. The fourth-order valence-corrected chi connectivity index (χ4v) is 1.23. The predicted octanol–water partition coefficient (Wildman–Crippen LogP) is 2.28. The maximum absolute atomic E-state index is 13.0. The summed E-state index contributed by atoms with van der Waals surface area (Å²) in [6, 6.07) is -0.327. The van der Waals surface area contributed by atoms with Crippen LogP contribution in [-0.2, 0) is 0 Å². The van der Waals surface area contributed by atoms with Gasteiger partial charge in [0.15, 0.2) is 0 Å². The van der Waals surface area contributed by atoms with Gasteiger partial charge in [0.2, 0.25) is 0 Å². The first kappa shape index (κ1) is 11.8. The van der Waals surface area contributed by atoms with Gasteiger partial charge in [-0.05, 0) is 30.2 Å². The lowest BCUT2D eigenvalue weighted by Gasteiger charge is -2.18. The molecular weight excluding hydrogens is 212 g/mol. The molecule has 0 unspecified atom stereocenters. The number of nitrogens with two attached hydrogens (primary N) is 2. The van der Waals surface area contributed by atoms with E-state index >= 15 is 0 Å². The third-order valence-electron chi connectivity index (χ3n) is 2.07. The lowest BCUT2D eigenvalue weighted by Crippen LogP contribution is -2.29. The zero-order valence-corrected chi connectivity index (χ0v) is 7.90. The Labute approximate surface area is 83.9 Å². The highest BCUT2D eigenvalue weighted by Crippen LogP contribution is 2.33. The molecule has 0 aromatic heterocycles. The SMILES string of the molecule is Cc1cc(N)c(F)cc1[C@@H](N)C(F)(F)F. The summed E-state index contributed by atoms with van der Waals surface area (Å²) in [5.41, 5.74) is 9.90. The monoisotopic (exact) mass is 222 g/mol. The van der Waals surface area contributed by atoms with Crippen molar-refractivity contribution in [2.24, 2.45) is 5.73 Å². The Kier molecular flexibility index (Phi) is 2.90. The maximum Gasteiger partial charge on any atom is 0.407 e. The van der Waals surface area contributed by atoms with Crippen molar-refractivity contribution in [3.8, 4) is 0 Å². The van der Waals surface area contributed by atoms with E-state index < -0.39 is 18.0 Å². The molecule has 1 aromatic carbocycles. The molecule has 0 bridgehead atoms. The van der Waals surface area contributed by atoms with Crippen LogP contribution in [0.4, 0.5) is 23.2 Å². The number of aryl methyl sites for hydroxylation is 1. The molecule has 1 atom stereocenters. The van der Waals surface area contributed by atoms with Crippen LogP contribution in [-0.4, -0.2) is 6.18 Å². The van der Waals surface area contributed by atoms with E-state index in [9.17, 15) is 17.6 Å². The van der Waals surface area contributed by atoms with Gasteiger partial charge in [-0.15, -0.1) is 0 Å². The zero-order chi connectivity index (χ0) is 11.8. The van der Waals surface area contributed by atoms with Crippen LogP contribution in [0.2, 0.25) is 0 Å². The average Bonchev–Trinajstić information content (AvgIpc) is 2.08. The smallest absolute Gasteiger partial charge is 0.396 e. The fourth-order valence-electron chi connectivity index (χ4n) is 1.23. The molecule has 0 aliphatic rings. The van der Waals surface area contributed by atoms with E-state index in [-0.39, 0.29) is 16.8 Å². The molecule has 0 spiro atoms. The number of hydrogen-bond donors (Lipinski definition) is 2. The standard InChI is InChI=1S/C9H10F4N2/c1-4-2-7(14)6(10)3-5(4)8(15)9(11,12)13/h2-3,8H,14-15H2,1H3/t8-/m1/s1. The highest BCUT2D eigenvalue weighted by Gasteiger charge is 2.38. The van der Waals surface area contributed by atoms with Crippen molar-refractivity contribution < 1.29 is 17.6 Å². The second kappa shape index (κ2) is 3.69. The van der Waals surface area contributed by atoms with Crippen molar-refractivity contribution in [2.45, 2.75) is 19.1 Å². The van der Waals surface area contributed by atoms with Gasteiger partial charge < -0.3 is 11.5 Å². The highest BCUT2D eigenvalue weighted by atomic mass is 19.4. The maximum atomic E-state index is 13.0. The van der Waals surface area contributed by atoms with Crippen LogP contribution in [0.3, 0.4) is 0 Å². The third kappa shape index (κ3) is 2.38. The minimum absolute atomic E-state index is 0.189. The Balaban J connectivity index is 3.21. The topological polar surface area (TPSA) is 52.0 Å². The lowest BCUT2D eigenvalue weighted by atomic mass is 10.0. The summed E-state index contributed by atoms with van der Waals surface area (Å²) in [6.45, 7) is 1.40. The Bertz CT molecular complexity index is 373. The van der Waals surface area contributed by atoms with E-state index in [0.717, 1.165) is 12.1 Å². The second-order valence-corrected chi connectivity index (χ2v) is 3.25. The molecule has 0 fully saturated rings. The molecule has 0 saturated carbocycles. The Morgan fingerprint density at radius 2 is 1.80 bits per heavy atom. The largest absolute Gasteiger partial charge is 0.407 e. The molecule has 4 N–H and O–H groups in total. The zero-order valence-electron chi connectivity index (χ0n) is 7.90. The molecule has 0 aliphatic heterocycles. The van der Waals surface area contributed by atoms with Gasteiger partial charge in [0.1, 0.15) is 11.9 Å². The van der Waals surface area contributed by atoms with Crippen molar-refractivity contribution >= 4 is 5.69 Å². The van der Waals surface area contributed by atoms with Gasteiger partial charge in [-0.3, -0.25) is 0 Å². The summed E-state index contributed by atoms with van der Waals surface area (Å²) in [7, 11) is 0. The third-order valence-corrected chi connectivity index (χ3v) is 2.07. The molecule has 6 heteroatoms. The summed E-state index contributed by atoms with van der Waals surface area (Å²) in [4.78, 5) is 0. The van der Waals surface area contributed by atoms with E-state index in [1.165, 1.54) is 6.92 Å². The van der Waals surface area contributed by atoms with Crippen molar-refractivity contribution in [3.63, 3.8) is 0 Å². The Hall–Kier alpha value is -1.30. The van der Waals surface area contributed by atoms with Gasteiger partial charge in [0, 0.05) is 0 Å². The van der Waals surface area contributed by atoms with Crippen LogP contribution in [0.5, 0.6) is 0 Å². The van der Waals surface area contributed by atoms with Crippen LogP contribution in [0, 0.1) is 12.7 Å². The van der Waals surface area contributed by atoms with Crippen molar-refractivity contribution in [1.29, 1.82) is 0 Å². The molecule has 15 heavy (non-hydrogen) atoms. The summed E-state index contributed by atoms with van der Waals surface area (Å²) < 4.78 is 49.8. The first-order valence-electron chi connectivity index (χ1n) is 4.11. The quantitative estimate of drug-likeness (QED) is 0.565. The van der Waals surface area contributed by atoms with E-state index in [4.69, 9.17) is 11.5 Å². The van der Waals surface area contributed by atoms with Crippen molar-refractivity contribution in [1.82, 2.24) is 0 Å². The highest BCUT2D eigenvalue weighted by molar-refractivity contribution is 5.47. The lowest BCUT2D eigenvalue weighted by molar-refractivity contribution is -0.149. The fraction of sp³-hybridized carbons (Fsp3) is 0.333. The second-order valence-electron chi connectivity index (χ2n) is 3.25. The summed E-state index contributed by atoms with van der Waals surface area (Å²) in [5.74, 6) is -0.893. The minimum Gasteiger partial charge on any atom is -0.396 e. The van der Waals surface area contributed by atoms with Crippen molar-refractivity contribution in [3.05, 3.63) is 29.1 Å². The molecule has 1 rings (SSSR count). The Morgan fingerprint density at radius 1 is 1.27 bits per heavy atom. The van der Waals surface area contributed by atoms with Gasteiger partial charge in [-0.25, -0.2) is 4.39 Å². The number of benzene rings is 1. The average molecular weight is 222 g/mol. The van der Waals surface area contributed by atoms with E-state index in [1.807, 2.05) is 0 Å². The van der Waals surface area contributed by atoms with E-state index in [0.29, 0.717) is 0 Å². The number of halogens is 4. The molecule has 0 heterocycles. The first-order chi connectivity index (χ1) is 6.73. The van der Waals surface area contributed by atoms with Crippen LogP contribution < -0.4 is 11.5 Å². The summed E-state index contributed by atoms with van der Waals surface area (Å²) >= 11 is 0. The van der Waals surface area contributed by atoms with Gasteiger partial charge >= 0.3 is 6.18 Å². The molecule has 0 amide bonds. The minimum atomic E-state index is -4.59. The van der Waals surface area contributed by atoms with E-state index in [2.05, 4.69) is 0 Å². The number of alkyl halides is 3. The van der Waals surface area contributed by atoms with Crippen molar-refractivity contribution in [2.75, 3.05) is 5.73 Å². The molecule has 1 aromatic rings. The first-order valence-corrected chi connectivity index (χ1v) is 4.11. The summed E-state index contributed by atoms with van der Waals surface area (Å²) in [6.07, 6.45) is -4.59. The van der Waals surface area contributed by atoms with Crippen LogP contribution in [0.1, 0.15) is 17.2 Å². The van der Waals surface area contributed by atoms with Crippen LogP contribution in [0.15, 0.2) is 12.1 Å². The summed E-state index contributed by atoms with van der Waals surface area (Å²) in [5, 5.41) is 0. The molecular formula is C9H10F4N2. The normalized spacial score (nSPS) is 14.0. The van der Waals surface area contributed by atoms with Gasteiger partial charge in [0.25, 0.3) is 0 Å². The number of nitrogen functional groups attached to an aromatic ring is 1. The van der Waals surface area contributed by atoms with Gasteiger partial charge in [-0.2, -0.15) is 13.2 Å². The van der Waals surface area contributed by atoms with Crippen LogP contribution >= 0.6 is 0 Å². The molecule has 0 radical (unpaired) electrons. The number of anilines is 1. The molecule has 84 valence electrons. The van der Waals surface area contributed by atoms with Gasteiger partial charge in [-0.1, -0.05) is 0 Å².